The molecule has 1 aliphatic heterocycles. The van der Waals surface area contributed by atoms with E-state index < -0.39 is 11.9 Å². The molecule has 1 atom stereocenters. The standard InChI is InChI=1S/C27H27F3N4O3.2C2H6/c1-17(36-2)10-12-20(19-11-13-23(32-16-19)27(28,29)30)25-33-24(22(15-31)37-25)26(35)34-14-6-9-21(34)18-7-4-3-5-8-18;2*1-2/h3-5,7-8,10-13,16,21H,6,9,14-15,31H2,1-2H3;2*1-2H3/b17-10+,20-12+;;/t21-;;/m1../s1. The molecule has 0 unspecified atom stereocenters. The maximum atomic E-state index is 13.6. The van der Waals surface area contributed by atoms with Gasteiger partial charge in [-0.1, -0.05) is 64.1 Å². The molecule has 0 saturated carbocycles. The van der Waals surface area contributed by atoms with Crippen molar-refractivity contribution in [3.8, 4) is 0 Å². The Kier molecular flexibility index (Phi) is 12.8. The van der Waals surface area contributed by atoms with E-state index in [4.69, 9.17) is 14.9 Å². The fraction of sp³-hybridized carbons (Fsp3) is 0.387. The van der Waals surface area contributed by atoms with E-state index in [0.717, 1.165) is 30.7 Å². The van der Waals surface area contributed by atoms with Gasteiger partial charge < -0.3 is 19.8 Å². The molecular formula is C31H39F3N4O3. The first kappa shape index (κ1) is 33.3. The van der Waals surface area contributed by atoms with E-state index >= 15 is 0 Å². The van der Waals surface area contributed by atoms with Crippen molar-refractivity contribution < 1.29 is 27.1 Å². The third-order valence-electron chi connectivity index (χ3n) is 6.19. The summed E-state index contributed by atoms with van der Waals surface area (Å²) >= 11 is 0. The number of likely N-dealkylation sites (tertiary alicyclic amines) is 1. The van der Waals surface area contributed by atoms with Crippen molar-refractivity contribution in [3.05, 3.63) is 101 Å². The highest BCUT2D eigenvalue weighted by Gasteiger charge is 2.35. The minimum absolute atomic E-state index is 0.0426. The van der Waals surface area contributed by atoms with Gasteiger partial charge in [-0.15, -0.1) is 0 Å². The van der Waals surface area contributed by atoms with Crippen molar-refractivity contribution in [1.29, 1.82) is 0 Å². The van der Waals surface area contributed by atoms with Crippen LogP contribution in [0.3, 0.4) is 0 Å². The van der Waals surface area contributed by atoms with Crippen LogP contribution in [-0.4, -0.2) is 34.4 Å². The number of benzene rings is 1. The van der Waals surface area contributed by atoms with Gasteiger partial charge in [0.15, 0.2) is 11.5 Å². The van der Waals surface area contributed by atoms with Gasteiger partial charge in [-0.2, -0.15) is 13.2 Å². The minimum atomic E-state index is -4.57. The van der Waals surface area contributed by atoms with Crippen LogP contribution in [0.25, 0.3) is 5.57 Å². The molecule has 1 aliphatic rings. The number of methoxy groups -OCH3 is 1. The van der Waals surface area contributed by atoms with Gasteiger partial charge >= 0.3 is 6.18 Å². The maximum absolute atomic E-state index is 13.6. The predicted molar refractivity (Wildman–Crippen MR) is 154 cm³/mol. The highest BCUT2D eigenvalue weighted by Crippen LogP contribution is 2.35. The summed E-state index contributed by atoms with van der Waals surface area (Å²) < 4.78 is 50.2. The number of carbonyl (C=O) groups excluding carboxylic acids is 1. The Morgan fingerprint density at radius 2 is 1.80 bits per heavy atom. The normalized spacial score (nSPS) is 15.5. The smallest absolute Gasteiger partial charge is 0.433 e. The van der Waals surface area contributed by atoms with Crippen molar-refractivity contribution >= 4 is 11.5 Å². The molecule has 0 radical (unpaired) electrons. The Bertz CT molecular complexity index is 1300. The van der Waals surface area contributed by atoms with E-state index in [0.29, 0.717) is 23.4 Å². The molecule has 222 valence electrons. The van der Waals surface area contributed by atoms with Crippen LogP contribution in [0.15, 0.2) is 71.0 Å². The zero-order chi connectivity index (χ0) is 30.6. The number of hydrogen-bond acceptors (Lipinski definition) is 6. The Labute approximate surface area is 239 Å². The second-order valence-electron chi connectivity index (χ2n) is 8.55. The van der Waals surface area contributed by atoms with Gasteiger partial charge in [-0.05, 0) is 43.5 Å². The molecule has 4 rings (SSSR count). The number of carbonyl (C=O) groups is 1. The van der Waals surface area contributed by atoms with E-state index in [1.807, 2.05) is 58.0 Å². The molecule has 0 bridgehead atoms. The lowest BCUT2D eigenvalue weighted by atomic mass is 10.0. The Hall–Kier alpha value is -3.92. The number of ether oxygens (including phenoxy) is 1. The van der Waals surface area contributed by atoms with Gasteiger partial charge in [0.25, 0.3) is 5.91 Å². The molecule has 3 heterocycles. The number of aromatic nitrogens is 2. The van der Waals surface area contributed by atoms with E-state index in [-0.39, 0.29) is 35.8 Å². The van der Waals surface area contributed by atoms with Crippen molar-refractivity contribution in [2.24, 2.45) is 5.73 Å². The average Bonchev–Trinajstić information content (AvgIpc) is 3.67. The quantitative estimate of drug-likeness (QED) is 0.232. The van der Waals surface area contributed by atoms with Crippen molar-refractivity contribution in [2.75, 3.05) is 13.7 Å². The number of halogens is 3. The van der Waals surface area contributed by atoms with Gasteiger partial charge in [0.1, 0.15) is 5.69 Å². The fourth-order valence-corrected chi connectivity index (χ4v) is 4.22. The van der Waals surface area contributed by atoms with Crippen LogP contribution in [0.1, 0.15) is 92.5 Å². The van der Waals surface area contributed by atoms with E-state index in [9.17, 15) is 18.0 Å². The second-order valence-corrected chi connectivity index (χ2v) is 8.55. The van der Waals surface area contributed by atoms with Crippen molar-refractivity contribution in [2.45, 2.75) is 66.2 Å². The SMILES string of the molecule is CC.CC.CO/C(C)=C/C=C(\c1ccc(C(F)(F)F)nc1)c1nc(C(=O)N2CCC[C@@H]2c2ccccc2)c(CN)o1. The van der Waals surface area contributed by atoms with Crippen LogP contribution >= 0.6 is 0 Å². The van der Waals surface area contributed by atoms with Crippen LogP contribution in [-0.2, 0) is 17.5 Å². The molecule has 2 aromatic heterocycles. The Morgan fingerprint density at radius 3 is 2.37 bits per heavy atom. The molecule has 41 heavy (non-hydrogen) atoms. The number of allylic oxidation sites excluding steroid dienone is 3. The van der Waals surface area contributed by atoms with Crippen LogP contribution in [0.2, 0.25) is 0 Å². The third-order valence-corrected chi connectivity index (χ3v) is 6.19. The molecule has 2 N–H and O–H groups in total. The Balaban J connectivity index is 0.00000141. The highest BCUT2D eigenvalue weighted by molar-refractivity contribution is 5.94. The fourth-order valence-electron chi connectivity index (χ4n) is 4.22. The molecule has 1 saturated heterocycles. The number of oxazole rings is 1. The molecule has 1 amide bonds. The lowest BCUT2D eigenvalue weighted by molar-refractivity contribution is -0.141. The summed E-state index contributed by atoms with van der Waals surface area (Å²) in [4.78, 5) is 23.4. The first-order chi connectivity index (χ1) is 19.7. The zero-order valence-electron chi connectivity index (χ0n) is 24.5. The van der Waals surface area contributed by atoms with Crippen LogP contribution in [0, 0.1) is 0 Å². The summed E-state index contributed by atoms with van der Waals surface area (Å²) in [7, 11) is 1.49. The average molecular weight is 573 g/mol. The number of pyridine rings is 1. The lowest BCUT2D eigenvalue weighted by Crippen LogP contribution is -2.31. The number of nitrogens with zero attached hydrogens (tertiary/aromatic N) is 3. The summed E-state index contributed by atoms with van der Waals surface area (Å²) in [5.41, 5.74) is 6.64. The molecule has 10 heteroatoms. The van der Waals surface area contributed by atoms with Gasteiger partial charge in [0, 0.05) is 23.9 Å². The lowest BCUT2D eigenvalue weighted by Gasteiger charge is -2.24. The van der Waals surface area contributed by atoms with Crippen LogP contribution in [0.5, 0.6) is 0 Å². The van der Waals surface area contributed by atoms with Crippen molar-refractivity contribution in [3.63, 3.8) is 0 Å². The summed E-state index contributed by atoms with van der Waals surface area (Å²) in [6, 6.07) is 11.8. The maximum Gasteiger partial charge on any atom is 0.433 e. The van der Waals surface area contributed by atoms with Crippen LogP contribution < -0.4 is 5.73 Å². The van der Waals surface area contributed by atoms with E-state index in [2.05, 4.69) is 9.97 Å². The molecule has 0 spiro atoms. The number of amides is 1. The van der Waals surface area contributed by atoms with Crippen LogP contribution in [0.4, 0.5) is 13.2 Å². The molecule has 3 aromatic rings. The van der Waals surface area contributed by atoms with E-state index in [1.54, 1.807) is 24.0 Å². The van der Waals surface area contributed by atoms with Gasteiger partial charge in [-0.3, -0.25) is 9.78 Å². The minimum Gasteiger partial charge on any atom is -0.501 e. The third kappa shape index (κ3) is 8.29. The predicted octanol–water partition coefficient (Wildman–Crippen LogP) is 7.56. The summed E-state index contributed by atoms with van der Waals surface area (Å²) in [5.74, 6) is 0.468. The molecular weight excluding hydrogens is 533 g/mol. The number of alkyl halides is 3. The molecule has 1 aromatic carbocycles. The first-order valence-electron chi connectivity index (χ1n) is 13.7. The summed E-state index contributed by atoms with van der Waals surface area (Å²) in [6.45, 7) is 10.2. The highest BCUT2D eigenvalue weighted by atomic mass is 19.4. The van der Waals surface area contributed by atoms with Gasteiger partial charge in [0.2, 0.25) is 5.89 Å². The van der Waals surface area contributed by atoms with E-state index in [1.165, 1.54) is 13.2 Å². The monoisotopic (exact) mass is 572 g/mol. The zero-order valence-corrected chi connectivity index (χ0v) is 24.5. The molecule has 1 fully saturated rings. The van der Waals surface area contributed by atoms with Gasteiger partial charge in [0.05, 0.1) is 25.5 Å². The van der Waals surface area contributed by atoms with Gasteiger partial charge in [-0.25, -0.2) is 4.98 Å². The van der Waals surface area contributed by atoms with Crippen molar-refractivity contribution in [1.82, 2.24) is 14.9 Å². The number of nitrogens with two attached hydrogens (primary N) is 1. The Morgan fingerprint density at radius 1 is 1.12 bits per heavy atom. The number of hydrogen-bond donors (Lipinski definition) is 1. The second kappa shape index (κ2) is 15.8. The molecule has 0 aliphatic carbocycles. The largest absolute Gasteiger partial charge is 0.501 e. The topological polar surface area (TPSA) is 94.5 Å². The molecule has 7 nitrogen and oxygen atoms in total. The summed E-state index contributed by atoms with van der Waals surface area (Å²) in [6.07, 6.45) is 1.39. The first-order valence-corrected chi connectivity index (χ1v) is 13.7. The number of rotatable bonds is 7. The summed E-state index contributed by atoms with van der Waals surface area (Å²) in [5, 5.41) is 0.